The maximum Gasteiger partial charge on any atom is 0.335 e. The van der Waals surface area contributed by atoms with Gasteiger partial charge in [-0.2, -0.15) is 0 Å². The van der Waals surface area contributed by atoms with E-state index in [4.69, 9.17) is 11.6 Å². The summed E-state index contributed by atoms with van der Waals surface area (Å²) in [6, 6.07) is 17.7. The van der Waals surface area contributed by atoms with Crippen LogP contribution in [0.5, 0.6) is 0 Å². The summed E-state index contributed by atoms with van der Waals surface area (Å²) in [5.74, 6) is -0.169. The monoisotopic (exact) mass is 326 g/mol. The van der Waals surface area contributed by atoms with Crippen LogP contribution in [0.1, 0.15) is 10.4 Å². The van der Waals surface area contributed by atoms with Crippen molar-refractivity contribution < 1.29 is 9.59 Å². The fraction of sp³-hybridized carbons (Fsp3) is 0.111. The lowest BCUT2D eigenvalue weighted by atomic mass is 10.2. The molecule has 0 bridgehead atoms. The van der Waals surface area contributed by atoms with Crippen LogP contribution in [0.2, 0.25) is 0 Å². The summed E-state index contributed by atoms with van der Waals surface area (Å²) in [6.45, 7) is 0.153. The zero-order chi connectivity index (χ0) is 16.2. The molecule has 0 atom stereocenters. The Morgan fingerprint density at radius 3 is 2.39 bits per heavy atom. The van der Waals surface area contributed by atoms with Gasteiger partial charge in [-0.05, 0) is 24.3 Å². The first kappa shape index (κ1) is 15.3. The Bertz CT molecular complexity index is 842. The highest BCUT2D eigenvalue weighted by Crippen LogP contribution is 2.17. The van der Waals surface area contributed by atoms with Gasteiger partial charge in [0.25, 0.3) is 5.91 Å². The molecule has 0 N–H and O–H groups in total. The van der Waals surface area contributed by atoms with Crippen molar-refractivity contribution in [2.45, 2.75) is 0 Å². The van der Waals surface area contributed by atoms with Gasteiger partial charge < -0.3 is 0 Å². The Morgan fingerprint density at radius 2 is 1.65 bits per heavy atom. The molecule has 0 saturated heterocycles. The quantitative estimate of drug-likeness (QED) is 0.683. The van der Waals surface area contributed by atoms with Crippen molar-refractivity contribution in [3.05, 3.63) is 72.4 Å². The molecule has 0 aliphatic heterocycles. The van der Waals surface area contributed by atoms with E-state index in [0.717, 1.165) is 10.9 Å². The van der Waals surface area contributed by atoms with E-state index in [2.05, 4.69) is 0 Å². The Morgan fingerprint density at radius 1 is 0.957 bits per heavy atom. The van der Waals surface area contributed by atoms with E-state index in [9.17, 15) is 9.59 Å². The average molecular weight is 327 g/mol. The number of amides is 2. The highest BCUT2D eigenvalue weighted by atomic mass is 35.5. The van der Waals surface area contributed by atoms with Gasteiger partial charge in [0.15, 0.2) is 0 Å². The maximum atomic E-state index is 12.8. The number of carbonyl (C=O) groups is 2. The number of hydrogen-bond acceptors (Lipinski definition) is 2. The summed E-state index contributed by atoms with van der Waals surface area (Å²) in [7, 11) is 0. The summed E-state index contributed by atoms with van der Waals surface area (Å²) < 4.78 is 1.47. The number of hydrogen-bond donors (Lipinski definition) is 0. The number of para-hydroxylation sites is 1. The van der Waals surface area contributed by atoms with Crippen molar-refractivity contribution in [3.8, 4) is 0 Å². The van der Waals surface area contributed by atoms with Gasteiger partial charge in [0.1, 0.15) is 0 Å². The number of halogens is 1. The summed E-state index contributed by atoms with van der Waals surface area (Å²) in [4.78, 5) is 26.7. The predicted molar refractivity (Wildman–Crippen MR) is 90.9 cm³/mol. The molecule has 3 aromatic rings. The normalized spacial score (nSPS) is 10.7. The Kier molecular flexibility index (Phi) is 4.44. The second-order valence-electron chi connectivity index (χ2n) is 5.04. The molecule has 5 heteroatoms. The van der Waals surface area contributed by atoms with Crippen LogP contribution in [0, 0.1) is 0 Å². The minimum absolute atomic E-state index is 0.153. The van der Waals surface area contributed by atoms with Crippen molar-refractivity contribution in [3.63, 3.8) is 0 Å². The summed E-state index contributed by atoms with van der Waals surface area (Å²) in [6.07, 6.45) is 1.67. The van der Waals surface area contributed by atoms with Crippen molar-refractivity contribution in [2.24, 2.45) is 0 Å². The molecule has 0 saturated carbocycles. The average Bonchev–Trinajstić information content (AvgIpc) is 3.03. The molecular formula is C18H15ClN2O2. The number of rotatable bonds is 3. The van der Waals surface area contributed by atoms with E-state index in [-0.39, 0.29) is 18.3 Å². The van der Waals surface area contributed by atoms with Gasteiger partial charge in [-0.25, -0.2) is 4.79 Å². The molecule has 116 valence electrons. The van der Waals surface area contributed by atoms with Gasteiger partial charge in [0, 0.05) is 29.6 Å². The number of alkyl halides is 1. The van der Waals surface area contributed by atoms with Crippen LogP contribution in [-0.2, 0) is 0 Å². The number of benzene rings is 2. The van der Waals surface area contributed by atoms with E-state index >= 15 is 0 Å². The first-order chi connectivity index (χ1) is 11.2. The number of imide groups is 1. The second-order valence-corrected chi connectivity index (χ2v) is 5.42. The zero-order valence-corrected chi connectivity index (χ0v) is 13.1. The standard InChI is InChI=1S/C18H15ClN2O2/c19-11-13-21(17(22)15-7-2-1-3-8-15)18(23)20-12-10-14-6-4-5-9-16(14)20/h1-10,12H,11,13H2. The van der Waals surface area contributed by atoms with Crippen molar-refractivity contribution >= 4 is 34.4 Å². The Balaban J connectivity index is 1.98. The van der Waals surface area contributed by atoms with Crippen LogP contribution in [0.3, 0.4) is 0 Å². The molecule has 0 spiro atoms. The van der Waals surface area contributed by atoms with Crippen molar-refractivity contribution in [1.29, 1.82) is 0 Å². The molecule has 0 unspecified atom stereocenters. The Labute approximate surface area is 138 Å². The zero-order valence-electron chi connectivity index (χ0n) is 12.4. The van der Waals surface area contributed by atoms with Crippen LogP contribution in [0.4, 0.5) is 4.79 Å². The summed E-state index contributed by atoms with van der Waals surface area (Å²) in [5, 5.41) is 0.943. The van der Waals surface area contributed by atoms with Crippen LogP contribution in [0.25, 0.3) is 10.9 Å². The van der Waals surface area contributed by atoms with Crippen LogP contribution >= 0.6 is 11.6 Å². The lowest BCUT2D eigenvalue weighted by Crippen LogP contribution is -2.40. The van der Waals surface area contributed by atoms with Gasteiger partial charge in [-0.1, -0.05) is 36.4 Å². The van der Waals surface area contributed by atoms with E-state index in [1.807, 2.05) is 36.4 Å². The predicted octanol–water partition coefficient (Wildman–Crippen LogP) is 3.99. The molecule has 3 rings (SSSR count). The first-order valence-corrected chi connectivity index (χ1v) is 7.79. The smallest absolute Gasteiger partial charge is 0.269 e. The van der Waals surface area contributed by atoms with Crippen molar-refractivity contribution in [2.75, 3.05) is 12.4 Å². The molecule has 0 fully saturated rings. The largest absolute Gasteiger partial charge is 0.335 e. The summed E-state index contributed by atoms with van der Waals surface area (Å²) >= 11 is 5.80. The van der Waals surface area contributed by atoms with E-state index in [1.54, 1.807) is 30.5 Å². The highest BCUT2D eigenvalue weighted by Gasteiger charge is 2.24. The van der Waals surface area contributed by atoms with Gasteiger partial charge >= 0.3 is 6.03 Å². The number of fused-ring (bicyclic) bond motifs is 1. The first-order valence-electron chi connectivity index (χ1n) is 7.25. The molecule has 1 aromatic heterocycles. The summed E-state index contributed by atoms with van der Waals surface area (Å²) in [5.41, 5.74) is 1.22. The van der Waals surface area contributed by atoms with Gasteiger partial charge in [0.05, 0.1) is 5.52 Å². The second kappa shape index (κ2) is 6.67. The van der Waals surface area contributed by atoms with Gasteiger partial charge in [0.2, 0.25) is 0 Å². The SMILES string of the molecule is O=C(c1ccccc1)N(CCCl)C(=O)n1ccc2ccccc21. The van der Waals surface area contributed by atoms with Gasteiger partial charge in [-0.3, -0.25) is 14.3 Å². The lowest BCUT2D eigenvalue weighted by molar-refractivity contribution is 0.0810. The van der Waals surface area contributed by atoms with Crippen molar-refractivity contribution in [1.82, 2.24) is 9.47 Å². The number of carbonyl (C=O) groups excluding carboxylic acids is 2. The third-order valence-electron chi connectivity index (χ3n) is 3.61. The molecule has 4 nitrogen and oxygen atoms in total. The Hall–Kier alpha value is -2.59. The molecule has 2 amide bonds. The number of nitrogens with zero attached hydrogens (tertiary/aromatic N) is 2. The molecule has 0 radical (unpaired) electrons. The van der Waals surface area contributed by atoms with Crippen LogP contribution in [-0.4, -0.2) is 33.8 Å². The van der Waals surface area contributed by atoms with Crippen LogP contribution in [0.15, 0.2) is 66.9 Å². The minimum atomic E-state index is -0.402. The minimum Gasteiger partial charge on any atom is -0.269 e. The van der Waals surface area contributed by atoms with E-state index < -0.39 is 6.03 Å². The maximum absolute atomic E-state index is 12.8. The molecule has 0 aliphatic rings. The molecule has 2 aromatic carbocycles. The number of aromatic nitrogens is 1. The fourth-order valence-electron chi connectivity index (χ4n) is 2.48. The third kappa shape index (κ3) is 2.98. The molecule has 0 aliphatic carbocycles. The molecular weight excluding hydrogens is 312 g/mol. The molecule has 1 heterocycles. The highest BCUT2D eigenvalue weighted by molar-refractivity contribution is 6.18. The van der Waals surface area contributed by atoms with E-state index in [0.29, 0.717) is 5.56 Å². The van der Waals surface area contributed by atoms with E-state index in [1.165, 1.54) is 9.47 Å². The van der Waals surface area contributed by atoms with Crippen LogP contribution < -0.4 is 0 Å². The van der Waals surface area contributed by atoms with Gasteiger partial charge in [-0.15, -0.1) is 11.6 Å². The topological polar surface area (TPSA) is 42.3 Å². The fourth-order valence-corrected chi connectivity index (χ4v) is 2.65. The third-order valence-corrected chi connectivity index (χ3v) is 3.78. The molecule has 23 heavy (non-hydrogen) atoms. The lowest BCUT2D eigenvalue weighted by Gasteiger charge is -2.20.